The lowest BCUT2D eigenvalue weighted by Crippen LogP contribution is -2.46. The molecular weight excluding hydrogens is 294 g/mol. The van der Waals surface area contributed by atoms with Gasteiger partial charge >= 0.3 is 0 Å². The monoisotopic (exact) mass is 311 g/mol. The largest absolute Gasteiger partial charge is 0.339 e. The molecule has 0 saturated heterocycles. The number of aromatic nitrogens is 2. The van der Waals surface area contributed by atoms with E-state index in [9.17, 15) is 9.59 Å². The van der Waals surface area contributed by atoms with Crippen LogP contribution in [0, 0.1) is 12.3 Å². The van der Waals surface area contributed by atoms with E-state index < -0.39 is 0 Å². The number of amides is 1. The fourth-order valence-corrected chi connectivity index (χ4v) is 3.73. The Morgan fingerprint density at radius 1 is 1.35 bits per heavy atom. The van der Waals surface area contributed by atoms with Gasteiger partial charge in [-0.15, -0.1) is 0 Å². The van der Waals surface area contributed by atoms with Gasteiger partial charge in [-0.2, -0.15) is 4.98 Å². The molecule has 2 aliphatic carbocycles. The van der Waals surface area contributed by atoms with E-state index in [1.54, 1.807) is 0 Å². The van der Waals surface area contributed by atoms with E-state index in [0.717, 1.165) is 29.7 Å². The Bertz CT molecular complexity index is 780. The molecule has 1 spiro atoms. The number of benzene rings is 1. The third-order valence-corrected chi connectivity index (χ3v) is 5.00. The second-order valence-corrected chi connectivity index (χ2v) is 6.75. The van der Waals surface area contributed by atoms with Crippen molar-refractivity contribution in [1.82, 2.24) is 10.1 Å². The second kappa shape index (κ2) is 5.01. The molecule has 1 aromatic heterocycles. The van der Waals surface area contributed by atoms with Crippen LogP contribution in [0.2, 0.25) is 0 Å². The van der Waals surface area contributed by atoms with Crippen molar-refractivity contribution in [3.05, 3.63) is 29.7 Å². The van der Waals surface area contributed by atoms with Crippen molar-refractivity contribution in [3.8, 4) is 11.4 Å². The number of carbonyl (C=O) groups excluding carboxylic acids is 2. The number of aryl methyl sites for hydroxylation is 1. The zero-order chi connectivity index (χ0) is 16.0. The van der Waals surface area contributed by atoms with Gasteiger partial charge < -0.3 is 9.84 Å². The molecule has 0 radical (unpaired) electrons. The Kier molecular flexibility index (Phi) is 3.07. The van der Waals surface area contributed by atoms with Gasteiger partial charge in [0.05, 0.1) is 0 Å². The van der Waals surface area contributed by atoms with Crippen LogP contribution >= 0.6 is 0 Å². The maximum absolute atomic E-state index is 11.2. The second-order valence-electron chi connectivity index (χ2n) is 6.75. The van der Waals surface area contributed by atoms with Gasteiger partial charge in [-0.05, 0) is 36.8 Å². The van der Waals surface area contributed by atoms with Gasteiger partial charge in [0, 0.05) is 30.0 Å². The van der Waals surface area contributed by atoms with E-state index in [2.05, 4.69) is 15.5 Å². The summed E-state index contributed by atoms with van der Waals surface area (Å²) in [6.07, 6.45) is 4.01. The van der Waals surface area contributed by atoms with Crippen LogP contribution in [0.5, 0.6) is 0 Å². The van der Waals surface area contributed by atoms with Gasteiger partial charge in [0.25, 0.3) is 0 Å². The first-order valence-corrected chi connectivity index (χ1v) is 7.75. The number of hydrogen-bond acceptors (Lipinski definition) is 5. The Morgan fingerprint density at radius 2 is 2.13 bits per heavy atom. The molecule has 2 aliphatic rings. The van der Waals surface area contributed by atoms with Crippen LogP contribution in [0.3, 0.4) is 0 Å². The first kappa shape index (κ1) is 14.1. The SMILES string of the molecule is Cc1ccc(-c2noc(C3CC4(CC(=O)C4)C3)n2)cc1NC=O. The Hall–Kier alpha value is -2.50. The summed E-state index contributed by atoms with van der Waals surface area (Å²) >= 11 is 0. The first-order chi connectivity index (χ1) is 11.1. The number of Topliss-reactive ketones (excluding diaryl/α,β-unsaturated/α-hetero) is 1. The number of anilines is 1. The molecule has 6 nitrogen and oxygen atoms in total. The minimum Gasteiger partial charge on any atom is -0.339 e. The molecule has 4 rings (SSSR count). The number of ketones is 1. The maximum atomic E-state index is 11.2. The lowest BCUT2D eigenvalue weighted by Gasteiger charge is -2.51. The van der Waals surface area contributed by atoms with Gasteiger partial charge in [-0.25, -0.2) is 0 Å². The molecule has 0 aliphatic heterocycles. The summed E-state index contributed by atoms with van der Waals surface area (Å²) in [4.78, 5) is 26.3. The molecule has 1 aromatic carbocycles. The molecule has 23 heavy (non-hydrogen) atoms. The average molecular weight is 311 g/mol. The predicted molar refractivity (Wildman–Crippen MR) is 82.8 cm³/mol. The highest BCUT2D eigenvalue weighted by atomic mass is 16.5. The van der Waals surface area contributed by atoms with E-state index >= 15 is 0 Å². The Labute approximate surface area is 133 Å². The quantitative estimate of drug-likeness (QED) is 0.878. The van der Waals surface area contributed by atoms with Crippen LogP contribution < -0.4 is 5.32 Å². The molecule has 2 fully saturated rings. The van der Waals surface area contributed by atoms with Gasteiger partial charge in [0.15, 0.2) is 0 Å². The standard InChI is InChI=1S/C17H17N3O3/c1-10-2-3-11(4-14(10)18-9-21)15-19-16(23-20-15)12-5-17(6-12)7-13(22)8-17/h2-4,9,12H,5-8H2,1H3,(H,18,21). The van der Waals surface area contributed by atoms with E-state index in [0.29, 0.717) is 36.8 Å². The summed E-state index contributed by atoms with van der Waals surface area (Å²) in [6, 6.07) is 5.66. The third-order valence-electron chi connectivity index (χ3n) is 5.00. The number of rotatable bonds is 4. The predicted octanol–water partition coefficient (Wildman–Crippen LogP) is 2.84. The zero-order valence-electron chi connectivity index (χ0n) is 12.8. The molecule has 0 atom stereocenters. The van der Waals surface area contributed by atoms with Gasteiger partial charge in [-0.1, -0.05) is 17.3 Å². The highest BCUT2D eigenvalue weighted by molar-refractivity contribution is 5.86. The summed E-state index contributed by atoms with van der Waals surface area (Å²) in [7, 11) is 0. The zero-order valence-corrected chi connectivity index (χ0v) is 12.8. The van der Waals surface area contributed by atoms with Crippen LogP contribution in [0.25, 0.3) is 11.4 Å². The van der Waals surface area contributed by atoms with Crippen LogP contribution in [0.15, 0.2) is 22.7 Å². The molecule has 1 N–H and O–H groups in total. The molecule has 6 heteroatoms. The first-order valence-electron chi connectivity index (χ1n) is 7.75. The normalized spacial score (nSPS) is 19.3. The molecule has 2 saturated carbocycles. The molecule has 118 valence electrons. The van der Waals surface area contributed by atoms with E-state index in [4.69, 9.17) is 4.52 Å². The van der Waals surface area contributed by atoms with Crippen LogP contribution in [0.1, 0.15) is 43.1 Å². The van der Waals surface area contributed by atoms with Gasteiger partial charge in [-0.3, -0.25) is 9.59 Å². The summed E-state index contributed by atoms with van der Waals surface area (Å²) in [6.45, 7) is 1.92. The van der Waals surface area contributed by atoms with Crippen LogP contribution in [-0.4, -0.2) is 22.3 Å². The van der Waals surface area contributed by atoms with Crippen molar-refractivity contribution in [3.63, 3.8) is 0 Å². The highest BCUT2D eigenvalue weighted by Gasteiger charge is 2.54. The average Bonchev–Trinajstić information content (AvgIpc) is 2.93. The minimum atomic E-state index is 0.224. The van der Waals surface area contributed by atoms with E-state index in [-0.39, 0.29) is 11.3 Å². The third kappa shape index (κ3) is 2.34. The topological polar surface area (TPSA) is 85.1 Å². The molecule has 0 unspecified atom stereocenters. The Morgan fingerprint density at radius 3 is 2.83 bits per heavy atom. The van der Waals surface area contributed by atoms with Crippen molar-refractivity contribution in [2.24, 2.45) is 5.41 Å². The lowest BCUT2D eigenvalue weighted by atomic mass is 9.51. The highest BCUT2D eigenvalue weighted by Crippen LogP contribution is 2.60. The summed E-state index contributed by atoms with van der Waals surface area (Å²) in [5, 5.41) is 6.73. The van der Waals surface area contributed by atoms with E-state index in [1.165, 1.54) is 0 Å². The van der Waals surface area contributed by atoms with Crippen molar-refractivity contribution >= 4 is 17.9 Å². The lowest BCUT2D eigenvalue weighted by molar-refractivity contribution is -0.139. The van der Waals surface area contributed by atoms with Gasteiger partial charge in [0.1, 0.15) is 5.78 Å². The minimum absolute atomic E-state index is 0.224. The summed E-state index contributed by atoms with van der Waals surface area (Å²) in [5.74, 6) is 1.81. The molecule has 1 heterocycles. The van der Waals surface area contributed by atoms with Crippen molar-refractivity contribution in [2.75, 3.05) is 5.32 Å². The number of nitrogens with one attached hydrogen (secondary N) is 1. The van der Waals surface area contributed by atoms with Gasteiger partial charge in [0.2, 0.25) is 18.1 Å². The maximum Gasteiger partial charge on any atom is 0.230 e. The summed E-state index contributed by atoms with van der Waals surface area (Å²) < 4.78 is 5.41. The fourth-order valence-electron chi connectivity index (χ4n) is 3.73. The number of carbonyl (C=O) groups is 2. The van der Waals surface area contributed by atoms with Crippen molar-refractivity contribution in [1.29, 1.82) is 0 Å². The number of hydrogen-bond donors (Lipinski definition) is 1. The van der Waals surface area contributed by atoms with Crippen LogP contribution in [0.4, 0.5) is 5.69 Å². The van der Waals surface area contributed by atoms with Crippen molar-refractivity contribution in [2.45, 2.75) is 38.5 Å². The van der Waals surface area contributed by atoms with Crippen LogP contribution in [-0.2, 0) is 9.59 Å². The number of nitrogens with zero attached hydrogens (tertiary/aromatic N) is 2. The smallest absolute Gasteiger partial charge is 0.230 e. The molecular formula is C17H17N3O3. The molecule has 0 bridgehead atoms. The molecule has 1 amide bonds. The van der Waals surface area contributed by atoms with E-state index in [1.807, 2.05) is 25.1 Å². The Balaban J connectivity index is 1.51. The van der Waals surface area contributed by atoms with Crippen molar-refractivity contribution < 1.29 is 14.1 Å². The fraction of sp³-hybridized carbons (Fsp3) is 0.412. The summed E-state index contributed by atoms with van der Waals surface area (Å²) in [5.41, 5.74) is 2.74. The molecule has 2 aromatic rings.